The molecule has 1 aromatic heterocycles. The van der Waals surface area contributed by atoms with Gasteiger partial charge in [-0.2, -0.15) is 0 Å². The van der Waals surface area contributed by atoms with Gasteiger partial charge >= 0.3 is 0 Å². The average molecular weight is 281 g/mol. The van der Waals surface area contributed by atoms with Crippen LogP contribution >= 0.6 is 11.3 Å². The highest BCUT2D eigenvalue weighted by molar-refractivity contribution is 7.09. The SMILES string of the molecule is CCCN1CCC(NC(=O)Cc2csc(C)n2)CC1. The number of hydrogen-bond acceptors (Lipinski definition) is 4. The molecule has 2 rings (SSSR count). The third-order valence-corrected chi connectivity index (χ3v) is 4.32. The number of thiazole rings is 1. The zero-order valence-corrected chi connectivity index (χ0v) is 12.6. The lowest BCUT2D eigenvalue weighted by Crippen LogP contribution is -2.45. The number of likely N-dealkylation sites (tertiary alicyclic amines) is 1. The van der Waals surface area contributed by atoms with Crippen molar-refractivity contribution < 1.29 is 4.79 Å². The molecule has 1 fully saturated rings. The van der Waals surface area contributed by atoms with E-state index in [9.17, 15) is 4.79 Å². The summed E-state index contributed by atoms with van der Waals surface area (Å²) in [7, 11) is 0. The molecule has 2 heterocycles. The Labute approximate surface area is 119 Å². The predicted molar refractivity (Wildman–Crippen MR) is 78.5 cm³/mol. The van der Waals surface area contributed by atoms with Gasteiger partial charge in [0.1, 0.15) is 0 Å². The maximum absolute atomic E-state index is 11.9. The molecule has 19 heavy (non-hydrogen) atoms. The van der Waals surface area contributed by atoms with Gasteiger partial charge in [0.2, 0.25) is 5.91 Å². The molecule has 4 nitrogen and oxygen atoms in total. The number of aromatic nitrogens is 1. The van der Waals surface area contributed by atoms with Crippen LogP contribution in [0.4, 0.5) is 0 Å². The fourth-order valence-corrected chi connectivity index (χ4v) is 3.16. The molecule has 0 saturated carbocycles. The number of carbonyl (C=O) groups is 1. The van der Waals surface area contributed by atoms with E-state index in [0.717, 1.165) is 36.6 Å². The maximum Gasteiger partial charge on any atom is 0.226 e. The van der Waals surface area contributed by atoms with Crippen LogP contribution in [0, 0.1) is 6.92 Å². The summed E-state index contributed by atoms with van der Waals surface area (Å²) in [6.45, 7) is 7.57. The highest BCUT2D eigenvalue weighted by atomic mass is 32.1. The Bertz CT molecular complexity index is 411. The first-order valence-corrected chi connectivity index (χ1v) is 7.98. The lowest BCUT2D eigenvalue weighted by molar-refractivity contribution is -0.121. The number of hydrogen-bond donors (Lipinski definition) is 1. The molecule has 1 N–H and O–H groups in total. The standard InChI is InChI=1S/C14H23N3OS/c1-3-6-17-7-4-12(5-8-17)16-14(18)9-13-10-19-11(2)15-13/h10,12H,3-9H2,1-2H3,(H,16,18). The third-order valence-electron chi connectivity index (χ3n) is 3.50. The van der Waals surface area contributed by atoms with E-state index in [2.05, 4.69) is 22.1 Å². The Hall–Kier alpha value is -0.940. The van der Waals surface area contributed by atoms with Crippen LogP contribution in [0.3, 0.4) is 0 Å². The zero-order valence-electron chi connectivity index (χ0n) is 11.8. The first kappa shape index (κ1) is 14.5. The number of piperidine rings is 1. The normalized spacial score (nSPS) is 17.6. The van der Waals surface area contributed by atoms with Gasteiger partial charge in [-0.25, -0.2) is 4.98 Å². The van der Waals surface area contributed by atoms with Crippen molar-refractivity contribution in [3.63, 3.8) is 0 Å². The minimum Gasteiger partial charge on any atom is -0.353 e. The van der Waals surface area contributed by atoms with Gasteiger partial charge < -0.3 is 10.2 Å². The Kier molecular flexibility index (Phi) is 5.34. The molecule has 1 aromatic rings. The first-order valence-electron chi connectivity index (χ1n) is 7.10. The second-order valence-corrected chi connectivity index (χ2v) is 6.28. The molecule has 1 amide bonds. The van der Waals surface area contributed by atoms with Gasteiger partial charge in [0.05, 0.1) is 17.1 Å². The Morgan fingerprint density at radius 3 is 2.84 bits per heavy atom. The van der Waals surface area contributed by atoms with Crippen LogP contribution in [0.25, 0.3) is 0 Å². The quantitative estimate of drug-likeness (QED) is 0.897. The van der Waals surface area contributed by atoms with Gasteiger partial charge in [-0.15, -0.1) is 11.3 Å². The van der Waals surface area contributed by atoms with E-state index in [4.69, 9.17) is 0 Å². The Morgan fingerprint density at radius 1 is 1.53 bits per heavy atom. The summed E-state index contributed by atoms with van der Waals surface area (Å²) in [5.41, 5.74) is 0.892. The number of amides is 1. The molecule has 0 spiro atoms. The van der Waals surface area contributed by atoms with Crippen molar-refractivity contribution in [3.05, 3.63) is 16.1 Å². The van der Waals surface area contributed by atoms with Crippen LogP contribution in [-0.4, -0.2) is 41.5 Å². The minimum absolute atomic E-state index is 0.110. The maximum atomic E-state index is 11.9. The van der Waals surface area contributed by atoms with Gasteiger partial charge in [0.25, 0.3) is 0 Å². The second-order valence-electron chi connectivity index (χ2n) is 5.22. The summed E-state index contributed by atoms with van der Waals surface area (Å²) in [4.78, 5) is 18.7. The van der Waals surface area contributed by atoms with E-state index < -0.39 is 0 Å². The molecule has 1 saturated heterocycles. The van der Waals surface area contributed by atoms with Gasteiger partial charge in [-0.3, -0.25) is 4.79 Å². The van der Waals surface area contributed by atoms with Gasteiger partial charge in [0.15, 0.2) is 0 Å². The van der Waals surface area contributed by atoms with Crippen molar-refractivity contribution >= 4 is 17.2 Å². The lowest BCUT2D eigenvalue weighted by Gasteiger charge is -2.32. The molecule has 1 aliphatic heterocycles. The Morgan fingerprint density at radius 2 is 2.26 bits per heavy atom. The van der Waals surface area contributed by atoms with E-state index >= 15 is 0 Å². The monoisotopic (exact) mass is 281 g/mol. The minimum atomic E-state index is 0.110. The molecule has 0 bridgehead atoms. The summed E-state index contributed by atoms with van der Waals surface area (Å²) in [6, 6.07) is 0.348. The number of carbonyl (C=O) groups excluding carboxylic acids is 1. The first-order chi connectivity index (χ1) is 9.17. The van der Waals surface area contributed by atoms with Crippen LogP contribution < -0.4 is 5.32 Å². The van der Waals surface area contributed by atoms with Crippen molar-refractivity contribution in [1.82, 2.24) is 15.2 Å². The summed E-state index contributed by atoms with van der Waals surface area (Å²) < 4.78 is 0. The molecule has 0 aliphatic carbocycles. The van der Waals surface area contributed by atoms with Crippen molar-refractivity contribution in [2.75, 3.05) is 19.6 Å². The van der Waals surface area contributed by atoms with Crippen LogP contribution in [0.15, 0.2) is 5.38 Å². The molecule has 5 heteroatoms. The molecular weight excluding hydrogens is 258 g/mol. The highest BCUT2D eigenvalue weighted by Gasteiger charge is 2.20. The molecule has 0 radical (unpaired) electrons. The topological polar surface area (TPSA) is 45.2 Å². The highest BCUT2D eigenvalue weighted by Crippen LogP contribution is 2.12. The number of rotatable bonds is 5. The van der Waals surface area contributed by atoms with E-state index in [1.165, 1.54) is 13.0 Å². The van der Waals surface area contributed by atoms with E-state index in [-0.39, 0.29) is 5.91 Å². The largest absolute Gasteiger partial charge is 0.353 e. The summed E-state index contributed by atoms with van der Waals surface area (Å²) in [6.07, 6.45) is 3.77. The van der Waals surface area contributed by atoms with Crippen molar-refractivity contribution in [1.29, 1.82) is 0 Å². The van der Waals surface area contributed by atoms with E-state index in [1.54, 1.807) is 11.3 Å². The predicted octanol–water partition coefficient (Wildman–Crippen LogP) is 1.98. The van der Waals surface area contributed by atoms with E-state index in [0.29, 0.717) is 12.5 Å². The summed E-state index contributed by atoms with van der Waals surface area (Å²) in [5, 5.41) is 6.13. The van der Waals surface area contributed by atoms with Gasteiger partial charge in [0, 0.05) is 24.5 Å². The summed E-state index contributed by atoms with van der Waals surface area (Å²) >= 11 is 1.60. The second kappa shape index (κ2) is 7.01. The van der Waals surface area contributed by atoms with Crippen LogP contribution in [-0.2, 0) is 11.2 Å². The summed E-state index contributed by atoms with van der Waals surface area (Å²) in [5.74, 6) is 0.110. The average Bonchev–Trinajstić information content (AvgIpc) is 2.77. The molecule has 0 aromatic carbocycles. The number of nitrogens with zero attached hydrogens (tertiary/aromatic N) is 2. The molecule has 0 unspecified atom stereocenters. The van der Waals surface area contributed by atoms with Gasteiger partial charge in [-0.1, -0.05) is 6.92 Å². The van der Waals surface area contributed by atoms with Crippen LogP contribution in [0.5, 0.6) is 0 Å². The van der Waals surface area contributed by atoms with Gasteiger partial charge in [-0.05, 0) is 32.7 Å². The fraction of sp³-hybridized carbons (Fsp3) is 0.714. The number of nitrogens with one attached hydrogen (secondary N) is 1. The third kappa shape index (κ3) is 4.58. The van der Waals surface area contributed by atoms with Crippen LogP contribution in [0.1, 0.15) is 36.9 Å². The number of aryl methyl sites for hydroxylation is 1. The van der Waals surface area contributed by atoms with Crippen LogP contribution in [0.2, 0.25) is 0 Å². The zero-order chi connectivity index (χ0) is 13.7. The molecular formula is C14H23N3OS. The molecule has 0 atom stereocenters. The smallest absolute Gasteiger partial charge is 0.226 e. The van der Waals surface area contributed by atoms with Crippen molar-refractivity contribution in [3.8, 4) is 0 Å². The molecule has 106 valence electrons. The fourth-order valence-electron chi connectivity index (χ4n) is 2.55. The van der Waals surface area contributed by atoms with Crippen molar-refractivity contribution in [2.45, 2.75) is 45.6 Å². The van der Waals surface area contributed by atoms with Crippen molar-refractivity contribution in [2.24, 2.45) is 0 Å². The Balaban J connectivity index is 1.71. The van der Waals surface area contributed by atoms with E-state index in [1.807, 2.05) is 12.3 Å². The molecule has 1 aliphatic rings. The lowest BCUT2D eigenvalue weighted by atomic mass is 10.0.